The maximum Gasteiger partial charge on any atom is 0.349 e. The molecule has 7 heteroatoms. The number of nitrogens with zero attached hydrogens (tertiary/aromatic N) is 1. The van der Waals surface area contributed by atoms with Crippen LogP contribution in [-0.4, -0.2) is 29.8 Å². The minimum atomic E-state index is -0.673. The second-order valence-electron chi connectivity index (χ2n) is 8.49. The molecular formula is C24H29ClN2O4. The van der Waals surface area contributed by atoms with Gasteiger partial charge in [-0.25, -0.2) is 4.79 Å². The molecule has 0 atom stereocenters. The predicted molar refractivity (Wildman–Crippen MR) is 122 cm³/mol. The van der Waals surface area contributed by atoms with Crippen LogP contribution in [0.3, 0.4) is 0 Å². The zero-order valence-electron chi connectivity index (χ0n) is 18.3. The highest BCUT2D eigenvalue weighted by Gasteiger charge is 2.21. The number of likely N-dealkylation sites (tertiary alicyclic amines) is 1. The summed E-state index contributed by atoms with van der Waals surface area (Å²) < 4.78 is 5.36. The lowest BCUT2D eigenvalue weighted by atomic mass is 10.0. The average Bonchev–Trinajstić information content (AvgIpc) is 2.73. The zero-order chi connectivity index (χ0) is 22.5. The minimum Gasteiger partial charge on any atom is -0.427 e. The van der Waals surface area contributed by atoms with E-state index in [0.29, 0.717) is 34.2 Å². The van der Waals surface area contributed by atoms with Crippen molar-refractivity contribution < 1.29 is 14.0 Å². The van der Waals surface area contributed by atoms with E-state index in [0.717, 1.165) is 38.8 Å². The summed E-state index contributed by atoms with van der Waals surface area (Å²) in [5.41, 5.74) is 0.556. The fourth-order valence-electron chi connectivity index (χ4n) is 3.72. The first-order valence-electron chi connectivity index (χ1n) is 10.8. The monoisotopic (exact) mass is 444 g/mol. The first-order chi connectivity index (χ1) is 14.8. The Kier molecular flexibility index (Phi) is 7.55. The van der Waals surface area contributed by atoms with E-state index in [1.54, 1.807) is 31.2 Å². The number of amides is 2. The minimum absolute atomic E-state index is 0.0582. The van der Waals surface area contributed by atoms with Crippen LogP contribution in [0.2, 0.25) is 5.02 Å². The van der Waals surface area contributed by atoms with Crippen molar-refractivity contribution in [2.75, 3.05) is 18.4 Å². The van der Waals surface area contributed by atoms with Gasteiger partial charge in [-0.15, -0.1) is 0 Å². The number of anilines is 1. The average molecular weight is 445 g/mol. The standard InChI is InChI=1S/C24H29ClN2O4/c1-15(2)7-9-18-13-16(3)21(24(30)31-18)22(28)26-20-14-17(8-10-19(20)25)23(29)27-11-5-4-6-12-27/h8,10,13-15H,4-7,9,11-12H2,1-3H3,(H,26,28). The Bertz CT molecular complexity index is 1020. The number of piperidine rings is 1. The molecule has 2 aromatic rings. The Balaban J connectivity index is 1.80. The van der Waals surface area contributed by atoms with Crippen molar-refractivity contribution in [3.63, 3.8) is 0 Å². The number of rotatable bonds is 6. The first-order valence-corrected chi connectivity index (χ1v) is 11.2. The van der Waals surface area contributed by atoms with E-state index in [-0.39, 0.29) is 17.2 Å². The Hall–Kier alpha value is -2.60. The first kappa shape index (κ1) is 23.1. The summed E-state index contributed by atoms with van der Waals surface area (Å²) in [5, 5.41) is 2.97. The van der Waals surface area contributed by atoms with E-state index < -0.39 is 11.5 Å². The number of carbonyl (C=O) groups excluding carboxylic acids is 2. The Labute approximate surface area is 187 Å². The molecule has 31 heavy (non-hydrogen) atoms. The molecule has 2 amide bonds. The Morgan fingerprint density at radius 2 is 1.87 bits per heavy atom. The van der Waals surface area contributed by atoms with Crippen molar-refractivity contribution in [1.82, 2.24) is 4.90 Å². The second-order valence-corrected chi connectivity index (χ2v) is 8.90. The third-order valence-electron chi connectivity index (χ3n) is 5.50. The topological polar surface area (TPSA) is 79.6 Å². The number of benzene rings is 1. The third kappa shape index (κ3) is 5.76. The van der Waals surface area contributed by atoms with E-state index in [1.807, 2.05) is 4.90 Å². The van der Waals surface area contributed by atoms with Crippen LogP contribution in [0.4, 0.5) is 5.69 Å². The summed E-state index contributed by atoms with van der Waals surface area (Å²) in [6, 6.07) is 6.53. The van der Waals surface area contributed by atoms with Gasteiger partial charge in [-0.3, -0.25) is 9.59 Å². The maximum absolute atomic E-state index is 12.8. The Morgan fingerprint density at radius 3 is 2.52 bits per heavy atom. The quantitative estimate of drug-likeness (QED) is 0.674. The molecule has 0 unspecified atom stereocenters. The van der Waals surface area contributed by atoms with Gasteiger partial charge >= 0.3 is 5.63 Å². The molecule has 0 saturated carbocycles. The lowest BCUT2D eigenvalue weighted by Gasteiger charge is -2.27. The summed E-state index contributed by atoms with van der Waals surface area (Å²) in [6.45, 7) is 7.36. The van der Waals surface area contributed by atoms with Crippen molar-refractivity contribution in [1.29, 1.82) is 0 Å². The zero-order valence-corrected chi connectivity index (χ0v) is 19.1. The van der Waals surface area contributed by atoms with Gasteiger partial charge in [0.25, 0.3) is 11.8 Å². The smallest absolute Gasteiger partial charge is 0.349 e. The third-order valence-corrected chi connectivity index (χ3v) is 5.83. The maximum atomic E-state index is 12.8. The van der Waals surface area contributed by atoms with Gasteiger partial charge in [-0.05, 0) is 68.4 Å². The highest BCUT2D eigenvalue weighted by atomic mass is 35.5. The fraction of sp³-hybridized carbons (Fsp3) is 0.458. The van der Waals surface area contributed by atoms with Gasteiger partial charge in [0.05, 0.1) is 10.7 Å². The van der Waals surface area contributed by atoms with Crippen LogP contribution in [0, 0.1) is 12.8 Å². The van der Waals surface area contributed by atoms with Crippen molar-refractivity contribution in [3.8, 4) is 0 Å². The largest absolute Gasteiger partial charge is 0.427 e. The fourth-order valence-corrected chi connectivity index (χ4v) is 3.88. The van der Waals surface area contributed by atoms with E-state index in [4.69, 9.17) is 16.0 Å². The van der Waals surface area contributed by atoms with E-state index >= 15 is 0 Å². The van der Waals surface area contributed by atoms with Crippen molar-refractivity contribution >= 4 is 29.1 Å². The Morgan fingerprint density at radius 1 is 1.16 bits per heavy atom. The molecule has 0 radical (unpaired) electrons. The summed E-state index contributed by atoms with van der Waals surface area (Å²) in [6.07, 6.45) is 4.64. The van der Waals surface area contributed by atoms with Crippen LogP contribution < -0.4 is 10.9 Å². The van der Waals surface area contributed by atoms with Gasteiger partial charge in [0.2, 0.25) is 0 Å². The lowest BCUT2D eigenvalue weighted by Crippen LogP contribution is -2.35. The van der Waals surface area contributed by atoms with Crippen molar-refractivity contribution in [2.24, 2.45) is 5.92 Å². The van der Waals surface area contributed by atoms with Crippen molar-refractivity contribution in [3.05, 3.63) is 62.2 Å². The van der Waals surface area contributed by atoms with Gasteiger partial charge in [0, 0.05) is 25.1 Å². The second kappa shape index (κ2) is 10.1. The highest BCUT2D eigenvalue weighted by molar-refractivity contribution is 6.34. The van der Waals surface area contributed by atoms with E-state index in [1.165, 1.54) is 0 Å². The molecule has 1 N–H and O–H groups in total. The SMILES string of the molecule is Cc1cc(CCC(C)C)oc(=O)c1C(=O)Nc1cc(C(=O)N2CCCCC2)ccc1Cl. The van der Waals surface area contributed by atoms with Gasteiger partial charge in [-0.2, -0.15) is 0 Å². The number of hydrogen-bond acceptors (Lipinski definition) is 4. The molecule has 3 rings (SSSR count). The highest BCUT2D eigenvalue weighted by Crippen LogP contribution is 2.25. The molecule has 0 bridgehead atoms. The van der Waals surface area contributed by atoms with Gasteiger partial charge in [0.1, 0.15) is 11.3 Å². The predicted octanol–water partition coefficient (Wildman–Crippen LogP) is 5.07. The number of halogens is 1. The molecule has 1 fully saturated rings. The molecular weight excluding hydrogens is 416 g/mol. The molecule has 1 aliphatic heterocycles. The summed E-state index contributed by atoms with van der Waals surface area (Å²) in [5.74, 6) is 0.360. The molecule has 6 nitrogen and oxygen atoms in total. The number of aryl methyl sites for hydroxylation is 2. The van der Waals surface area contributed by atoms with Gasteiger partial charge in [0.15, 0.2) is 0 Å². The summed E-state index contributed by atoms with van der Waals surface area (Å²) in [7, 11) is 0. The summed E-state index contributed by atoms with van der Waals surface area (Å²) in [4.78, 5) is 39.9. The molecule has 1 aliphatic rings. The van der Waals surface area contributed by atoms with Crippen LogP contribution >= 0.6 is 11.6 Å². The molecule has 2 heterocycles. The normalized spacial score (nSPS) is 14.0. The molecule has 1 aromatic carbocycles. The van der Waals surface area contributed by atoms with E-state index in [9.17, 15) is 14.4 Å². The molecule has 0 aliphatic carbocycles. The van der Waals surface area contributed by atoms with Crippen LogP contribution in [0.5, 0.6) is 0 Å². The molecule has 166 valence electrons. The van der Waals surface area contributed by atoms with Crippen molar-refractivity contribution in [2.45, 2.75) is 52.9 Å². The summed E-state index contributed by atoms with van der Waals surface area (Å²) >= 11 is 6.25. The van der Waals surface area contributed by atoms with Crippen LogP contribution in [-0.2, 0) is 6.42 Å². The van der Waals surface area contributed by atoms with Gasteiger partial charge < -0.3 is 14.6 Å². The van der Waals surface area contributed by atoms with E-state index in [2.05, 4.69) is 19.2 Å². The van der Waals surface area contributed by atoms with Crippen LogP contribution in [0.1, 0.15) is 71.6 Å². The number of carbonyl (C=O) groups is 2. The van der Waals surface area contributed by atoms with Crippen LogP contribution in [0.25, 0.3) is 0 Å². The molecule has 0 spiro atoms. The lowest BCUT2D eigenvalue weighted by molar-refractivity contribution is 0.0724. The number of nitrogens with one attached hydrogen (secondary N) is 1. The molecule has 1 saturated heterocycles. The van der Waals surface area contributed by atoms with Crippen LogP contribution in [0.15, 0.2) is 33.5 Å². The number of hydrogen-bond donors (Lipinski definition) is 1. The molecule has 1 aromatic heterocycles. The van der Waals surface area contributed by atoms with Gasteiger partial charge in [-0.1, -0.05) is 25.4 Å².